The van der Waals surface area contributed by atoms with Crippen molar-refractivity contribution in [1.82, 2.24) is 4.90 Å². The number of rotatable bonds is 4. The molecule has 0 unspecified atom stereocenters. The van der Waals surface area contributed by atoms with Gasteiger partial charge in [-0.3, -0.25) is 24.6 Å². The molecule has 2 aromatic rings. The molecule has 156 valence electrons. The van der Waals surface area contributed by atoms with Crippen LogP contribution in [0.4, 0.5) is 11.4 Å². The third-order valence-electron chi connectivity index (χ3n) is 6.77. The van der Waals surface area contributed by atoms with E-state index >= 15 is 0 Å². The predicted molar refractivity (Wildman–Crippen MR) is 115 cm³/mol. The molecule has 5 rings (SSSR count). The summed E-state index contributed by atoms with van der Waals surface area (Å²) in [5.74, 6) is -1.54. The van der Waals surface area contributed by atoms with Crippen molar-refractivity contribution in [2.24, 2.45) is 11.8 Å². The Hall–Kier alpha value is -3.58. The molecule has 2 aliphatic heterocycles. The number of fused-ring (bicyclic) bond motifs is 2. The van der Waals surface area contributed by atoms with Crippen LogP contribution >= 0.6 is 0 Å². The van der Waals surface area contributed by atoms with E-state index in [2.05, 4.69) is 5.32 Å². The number of nitro benzene ring substituents is 1. The number of allylic oxidation sites excluding steroid dienone is 4. The van der Waals surface area contributed by atoms with Crippen LogP contribution in [0.5, 0.6) is 0 Å². The van der Waals surface area contributed by atoms with Gasteiger partial charge < -0.3 is 5.32 Å². The van der Waals surface area contributed by atoms with Crippen molar-refractivity contribution >= 4 is 23.1 Å². The first-order chi connectivity index (χ1) is 14.9. The number of benzene rings is 2. The Morgan fingerprint density at radius 1 is 1.13 bits per heavy atom. The van der Waals surface area contributed by atoms with Crippen LogP contribution in [0.1, 0.15) is 17.0 Å². The monoisotopic (exact) mass is 415 g/mol. The Balaban J connectivity index is 1.67. The fraction of sp³-hybridized carbons (Fsp3) is 0.250. The molecule has 1 spiro atoms. The number of anilines is 1. The van der Waals surface area contributed by atoms with Crippen molar-refractivity contribution in [1.29, 1.82) is 0 Å². The summed E-state index contributed by atoms with van der Waals surface area (Å²) in [5.41, 5.74) is 1.22. The molecular weight excluding hydrogens is 394 g/mol. The quantitative estimate of drug-likeness (QED) is 0.610. The summed E-state index contributed by atoms with van der Waals surface area (Å²) >= 11 is 0. The third-order valence-corrected chi connectivity index (χ3v) is 6.77. The SMILES string of the molecule is CN1C[C@@H](c2ccc([N+](=O)[O-])cc2)[C@H](C(=O)C2C=CC=C2)[C@@]12C(=O)Nc1ccccc12. The van der Waals surface area contributed by atoms with Crippen molar-refractivity contribution in [3.63, 3.8) is 0 Å². The number of Topliss-reactive ketones (excluding diaryl/α,β-unsaturated/α-hetero) is 1. The number of nitrogens with one attached hydrogen (secondary N) is 1. The average Bonchev–Trinajstić information content (AvgIpc) is 3.47. The van der Waals surface area contributed by atoms with Gasteiger partial charge in [0.05, 0.1) is 16.8 Å². The summed E-state index contributed by atoms with van der Waals surface area (Å²) in [6.45, 7) is 0.482. The number of non-ortho nitro benzene ring substituents is 1. The Bertz CT molecular complexity index is 1140. The number of carbonyl (C=O) groups is 2. The fourth-order valence-electron chi connectivity index (χ4n) is 5.40. The van der Waals surface area contributed by atoms with Crippen LogP contribution in [0.25, 0.3) is 0 Å². The molecule has 1 fully saturated rings. The zero-order valence-electron chi connectivity index (χ0n) is 16.9. The minimum Gasteiger partial charge on any atom is -0.324 e. The molecular formula is C24H21N3O4. The lowest BCUT2D eigenvalue weighted by Gasteiger charge is -2.36. The van der Waals surface area contributed by atoms with E-state index in [0.717, 1.165) is 16.8 Å². The van der Waals surface area contributed by atoms with Crippen LogP contribution in [-0.2, 0) is 15.1 Å². The number of ketones is 1. The van der Waals surface area contributed by atoms with Crippen LogP contribution in [0, 0.1) is 22.0 Å². The van der Waals surface area contributed by atoms with Crippen LogP contribution < -0.4 is 5.32 Å². The number of amides is 1. The zero-order chi connectivity index (χ0) is 21.8. The first kappa shape index (κ1) is 19.4. The van der Waals surface area contributed by atoms with Gasteiger partial charge in [0.2, 0.25) is 5.91 Å². The predicted octanol–water partition coefficient (Wildman–Crippen LogP) is 3.40. The lowest BCUT2D eigenvalue weighted by atomic mass is 9.69. The lowest BCUT2D eigenvalue weighted by Crippen LogP contribution is -2.52. The second-order valence-electron chi connectivity index (χ2n) is 8.28. The van der Waals surface area contributed by atoms with Gasteiger partial charge in [-0.05, 0) is 18.7 Å². The van der Waals surface area contributed by atoms with Gasteiger partial charge in [-0.2, -0.15) is 0 Å². The zero-order valence-corrected chi connectivity index (χ0v) is 16.9. The van der Waals surface area contributed by atoms with Gasteiger partial charge in [0, 0.05) is 35.8 Å². The summed E-state index contributed by atoms with van der Waals surface area (Å²) < 4.78 is 0. The largest absolute Gasteiger partial charge is 0.324 e. The van der Waals surface area contributed by atoms with Crippen molar-refractivity contribution in [3.8, 4) is 0 Å². The number of likely N-dealkylation sites (tertiary alicyclic amines) is 1. The molecule has 0 aromatic heterocycles. The smallest absolute Gasteiger partial charge is 0.269 e. The number of para-hydroxylation sites is 1. The van der Waals surface area contributed by atoms with Gasteiger partial charge in [0.1, 0.15) is 11.3 Å². The first-order valence-corrected chi connectivity index (χ1v) is 10.2. The highest BCUT2D eigenvalue weighted by Crippen LogP contribution is 2.55. The van der Waals surface area contributed by atoms with Crippen LogP contribution in [0.15, 0.2) is 72.8 Å². The summed E-state index contributed by atoms with van der Waals surface area (Å²) in [5, 5.41) is 14.1. The van der Waals surface area contributed by atoms with Crippen molar-refractivity contribution in [2.75, 3.05) is 18.9 Å². The maximum absolute atomic E-state index is 13.9. The highest BCUT2D eigenvalue weighted by atomic mass is 16.6. The Labute approximate surface area is 179 Å². The molecule has 1 saturated heterocycles. The molecule has 2 heterocycles. The summed E-state index contributed by atoms with van der Waals surface area (Å²) in [7, 11) is 1.87. The van der Waals surface area contributed by atoms with Crippen molar-refractivity contribution < 1.29 is 14.5 Å². The Morgan fingerprint density at radius 3 is 2.48 bits per heavy atom. The van der Waals surface area contributed by atoms with E-state index in [1.165, 1.54) is 12.1 Å². The van der Waals surface area contributed by atoms with E-state index in [4.69, 9.17) is 0 Å². The molecule has 1 aliphatic carbocycles. The standard InChI is InChI=1S/C24H21N3O4/c1-26-14-18(15-10-12-17(13-11-15)27(30)31)21(22(28)16-6-2-3-7-16)24(26)19-8-4-5-9-20(19)25-23(24)29/h2-13,16,18,21H,14H2,1H3,(H,25,29)/t18-,21+,24-/m0/s1. The normalized spacial score (nSPS) is 27.1. The topological polar surface area (TPSA) is 92.5 Å². The molecule has 2 aromatic carbocycles. The second-order valence-corrected chi connectivity index (χ2v) is 8.28. The van der Waals surface area contributed by atoms with Crippen LogP contribution in [0.2, 0.25) is 0 Å². The maximum atomic E-state index is 13.9. The van der Waals surface area contributed by atoms with Crippen molar-refractivity contribution in [3.05, 3.63) is 94.1 Å². The minimum atomic E-state index is -1.12. The summed E-state index contributed by atoms with van der Waals surface area (Å²) in [6.07, 6.45) is 7.38. The van der Waals surface area contributed by atoms with Gasteiger partial charge in [-0.1, -0.05) is 54.6 Å². The van der Waals surface area contributed by atoms with Crippen LogP contribution in [0.3, 0.4) is 0 Å². The summed E-state index contributed by atoms with van der Waals surface area (Å²) in [6, 6.07) is 13.8. The number of likely N-dealkylation sites (N-methyl/N-ethyl adjacent to an activating group) is 1. The minimum absolute atomic E-state index is 0.00157. The lowest BCUT2D eigenvalue weighted by molar-refractivity contribution is -0.384. The van der Waals surface area contributed by atoms with E-state index in [1.807, 2.05) is 60.5 Å². The molecule has 0 saturated carbocycles. The van der Waals surface area contributed by atoms with E-state index in [9.17, 15) is 19.7 Å². The van der Waals surface area contributed by atoms with E-state index < -0.39 is 22.3 Å². The molecule has 0 bridgehead atoms. The van der Waals surface area contributed by atoms with Gasteiger partial charge in [-0.25, -0.2) is 0 Å². The van der Waals surface area contributed by atoms with E-state index in [0.29, 0.717) is 6.54 Å². The highest BCUT2D eigenvalue weighted by Gasteiger charge is 2.64. The Morgan fingerprint density at radius 2 is 1.81 bits per heavy atom. The van der Waals surface area contributed by atoms with Crippen molar-refractivity contribution in [2.45, 2.75) is 11.5 Å². The second kappa shape index (κ2) is 6.99. The third kappa shape index (κ3) is 2.70. The summed E-state index contributed by atoms with van der Waals surface area (Å²) in [4.78, 5) is 40.0. The van der Waals surface area contributed by atoms with Gasteiger partial charge >= 0.3 is 0 Å². The molecule has 3 aliphatic rings. The molecule has 1 N–H and O–H groups in total. The highest BCUT2D eigenvalue weighted by molar-refractivity contribution is 6.10. The van der Waals surface area contributed by atoms with E-state index in [-0.39, 0.29) is 23.3 Å². The molecule has 7 nitrogen and oxygen atoms in total. The number of carbonyl (C=O) groups excluding carboxylic acids is 2. The first-order valence-electron chi connectivity index (χ1n) is 10.2. The number of nitro groups is 1. The average molecular weight is 415 g/mol. The molecule has 31 heavy (non-hydrogen) atoms. The van der Waals surface area contributed by atoms with Gasteiger partial charge in [0.15, 0.2) is 0 Å². The van der Waals surface area contributed by atoms with E-state index in [1.54, 1.807) is 12.1 Å². The number of hydrogen-bond acceptors (Lipinski definition) is 5. The van der Waals surface area contributed by atoms with Gasteiger partial charge in [-0.15, -0.1) is 0 Å². The molecule has 3 atom stereocenters. The number of nitrogens with zero attached hydrogens (tertiary/aromatic N) is 2. The molecule has 0 radical (unpaired) electrons. The van der Waals surface area contributed by atoms with Crippen LogP contribution in [-0.4, -0.2) is 35.1 Å². The fourth-order valence-corrected chi connectivity index (χ4v) is 5.40. The Kier molecular flexibility index (Phi) is 4.37. The van der Waals surface area contributed by atoms with Gasteiger partial charge in [0.25, 0.3) is 5.69 Å². The maximum Gasteiger partial charge on any atom is 0.269 e. The molecule has 7 heteroatoms. The number of hydrogen-bond donors (Lipinski definition) is 1. The molecule has 1 amide bonds.